The van der Waals surface area contributed by atoms with E-state index in [4.69, 9.17) is 4.42 Å². The second kappa shape index (κ2) is 9.11. The number of rotatable bonds is 7. The van der Waals surface area contributed by atoms with Crippen LogP contribution in [0.2, 0.25) is 0 Å². The van der Waals surface area contributed by atoms with Gasteiger partial charge >= 0.3 is 0 Å². The number of furan rings is 1. The van der Waals surface area contributed by atoms with Crippen molar-refractivity contribution in [1.82, 2.24) is 14.9 Å². The van der Waals surface area contributed by atoms with E-state index in [0.717, 1.165) is 37.0 Å². The van der Waals surface area contributed by atoms with Crippen LogP contribution in [0.15, 0.2) is 45.9 Å². The molecule has 2 aromatic rings. The van der Waals surface area contributed by atoms with Crippen molar-refractivity contribution in [2.24, 2.45) is 11.8 Å². The third kappa shape index (κ3) is 5.68. The van der Waals surface area contributed by atoms with Gasteiger partial charge in [-0.2, -0.15) is 0 Å². The number of carbonyl (C=O) groups excluding carboxylic acids is 1. The summed E-state index contributed by atoms with van der Waals surface area (Å²) in [6, 6.07) is 10.8. The summed E-state index contributed by atoms with van der Waals surface area (Å²) >= 11 is 0. The van der Waals surface area contributed by atoms with E-state index in [9.17, 15) is 13.2 Å². The molecule has 2 heterocycles. The smallest absolute Gasteiger partial charge is 0.287 e. The van der Waals surface area contributed by atoms with E-state index in [-0.39, 0.29) is 10.9 Å². The molecule has 3 rings (SSSR count). The number of amides is 1. The SMILES string of the molecule is CNS(=O)(=O)c1ccc(C(=O)NCc2ccc(CN3CC(C)CC(C)C3)cc2)o1. The van der Waals surface area contributed by atoms with Crippen LogP contribution in [0.4, 0.5) is 0 Å². The molecule has 2 N–H and O–H groups in total. The second-order valence-electron chi connectivity index (χ2n) is 7.97. The minimum Gasteiger partial charge on any atom is -0.438 e. The molecule has 7 nitrogen and oxygen atoms in total. The molecule has 1 aliphatic rings. The number of piperidine rings is 1. The van der Waals surface area contributed by atoms with E-state index in [1.54, 1.807) is 0 Å². The molecule has 1 amide bonds. The number of hydrogen-bond donors (Lipinski definition) is 2. The van der Waals surface area contributed by atoms with Gasteiger partial charge in [-0.05, 0) is 48.6 Å². The molecule has 2 atom stereocenters. The van der Waals surface area contributed by atoms with Crippen LogP contribution < -0.4 is 10.0 Å². The Labute approximate surface area is 172 Å². The van der Waals surface area contributed by atoms with Gasteiger partial charge in [-0.25, -0.2) is 13.1 Å². The average molecular weight is 420 g/mol. The normalized spacial score (nSPS) is 20.5. The summed E-state index contributed by atoms with van der Waals surface area (Å²) in [6.45, 7) is 8.17. The van der Waals surface area contributed by atoms with Crippen LogP contribution >= 0.6 is 0 Å². The lowest BCUT2D eigenvalue weighted by molar-refractivity contribution is 0.0918. The average Bonchev–Trinajstić information content (AvgIpc) is 3.18. The molecule has 1 aromatic heterocycles. The van der Waals surface area contributed by atoms with E-state index in [1.807, 2.05) is 12.1 Å². The van der Waals surface area contributed by atoms with Crippen molar-refractivity contribution in [3.63, 3.8) is 0 Å². The first-order valence-corrected chi connectivity index (χ1v) is 11.4. The van der Waals surface area contributed by atoms with Gasteiger partial charge in [0.1, 0.15) is 0 Å². The molecular weight excluding hydrogens is 390 g/mol. The minimum atomic E-state index is -3.70. The lowest BCUT2D eigenvalue weighted by atomic mass is 9.91. The number of carbonyl (C=O) groups is 1. The molecule has 1 aromatic carbocycles. The van der Waals surface area contributed by atoms with Crippen LogP contribution in [-0.4, -0.2) is 39.4 Å². The highest BCUT2D eigenvalue weighted by atomic mass is 32.2. The van der Waals surface area contributed by atoms with Crippen LogP contribution in [0.5, 0.6) is 0 Å². The van der Waals surface area contributed by atoms with Crippen LogP contribution in [0.1, 0.15) is 41.9 Å². The summed E-state index contributed by atoms with van der Waals surface area (Å²) in [6.07, 6.45) is 1.30. The highest BCUT2D eigenvalue weighted by Crippen LogP contribution is 2.22. The molecule has 0 spiro atoms. The van der Waals surface area contributed by atoms with Crippen molar-refractivity contribution in [3.8, 4) is 0 Å². The number of sulfonamides is 1. The maximum absolute atomic E-state index is 12.2. The molecule has 0 bridgehead atoms. The molecule has 0 saturated carbocycles. The number of hydrogen-bond acceptors (Lipinski definition) is 5. The summed E-state index contributed by atoms with van der Waals surface area (Å²) in [4.78, 5) is 14.7. The zero-order valence-electron chi connectivity index (χ0n) is 17.1. The van der Waals surface area contributed by atoms with Crippen molar-refractivity contribution >= 4 is 15.9 Å². The molecule has 0 radical (unpaired) electrons. The van der Waals surface area contributed by atoms with Gasteiger partial charge in [0.15, 0.2) is 5.76 Å². The Balaban J connectivity index is 1.53. The summed E-state index contributed by atoms with van der Waals surface area (Å²) < 4.78 is 30.7. The Morgan fingerprint density at radius 2 is 1.69 bits per heavy atom. The highest BCUT2D eigenvalue weighted by molar-refractivity contribution is 7.89. The molecule has 1 fully saturated rings. The molecule has 0 aliphatic carbocycles. The fourth-order valence-electron chi connectivity index (χ4n) is 3.90. The molecule has 2 unspecified atom stereocenters. The van der Waals surface area contributed by atoms with Gasteiger partial charge in [0.2, 0.25) is 5.09 Å². The topological polar surface area (TPSA) is 91.6 Å². The summed E-state index contributed by atoms with van der Waals surface area (Å²) in [5.41, 5.74) is 2.23. The quantitative estimate of drug-likeness (QED) is 0.720. The van der Waals surface area contributed by atoms with E-state index in [2.05, 4.69) is 40.9 Å². The Morgan fingerprint density at radius 3 is 2.31 bits per heavy atom. The lowest BCUT2D eigenvalue weighted by Gasteiger charge is -2.35. The van der Waals surface area contributed by atoms with Gasteiger partial charge in [0.25, 0.3) is 15.9 Å². The zero-order valence-corrected chi connectivity index (χ0v) is 18.0. The third-order valence-electron chi connectivity index (χ3n) is 5.17. The van der Waals surface area contributed by atoms with Crippen LogP contribution in [0.3, 0.4) is 0 Å². The first-order chi connectivity index (χ1) is 13.8. The van der Waals surface area contributed by atoms with Crippen molar-refractivity contribution < 1.29 is 17.6 Å². The monoisotopic (exact) mass is 419 g/mol. The van der Waals surface area contributed by atoms with Gasteiger partial charge in [0.05, 0.1) is 0 Å². The van der Waals surface area contributed by atoms with E-state index < -0.39 is 15.9 Å². The Kier molecular flexibility index (Phi) is 6.77. The number of benzene rings is 1. The van der Waals surface area contributed by atoms with E-state index in [1.165, 1.54) is 31.2 Å². The van der Waals surface area contributed by atoms with Crippen molar-refractivity contribution in [2.75, 3.05) is 20.1 Å². The molecular formula is C21H29N3O4S. The van der Waals surface area contributed by atoms with Gasteiger partial charge in [-0.1, -0.05) is 38.1 Å². The first-order valence-electron chi connectivity index (χ1n) is 9.88. The molecule has 29 heavy (non-hydrogen) atoms. The number of nitrogens with zero attached hydrogens (tertiary/aromatic N) is 1. The second-order valence-corrected chi connectivity index (χ2v) is 9.78. The maximum atomic E-state index is 12.2. The highest BCUT2D eigenvalue weighted by Gasteiger charge is 2.22. The van der Waals surface area contributed by atoms with Gasteiger partial charge in [-0.15, -0.1) is 0 Å². The number of likely N-dealkylation sites (tertiary alicyclic amines) is 1. The van der Waals surface area contributed by atoms with Crippen LogP contribution in [-0.2, 0) is 23.1 Å². The largest absolute Gasteiger partial charge is 0.438 e. The van der Waals surface area contributed by atoms with E-state index in [0.29, 0.717) is 6.54 Å². The fourth-order valence-corrected chi connectivity index (χ4v) is 4.55. The molecule has 1 aliphatic heterocycles. The molecule has 1 saturated heterocycles. The van der Waals surface area contributed by atoms with Crippen LogP contribution in [0.25, 0.3) is 0 Å². The molecule has 8 heteroatoms. The van der Waals surface area contributed by atoms with Gasteiger partial charge < -0.3 is 9.73 Å². The maximum Gasteiger partial charge on any atom is 0.287 e. The lowest BCUT2D eigenvalue weighted by Crippen LogP contribution is -2.38. The molecule has 158 valence electrons. The Morgan fingerprint density at radius 1 is 1.07 bits per heavy atom. The minimum absolute atomic E-state index is 0.0382. The van der Waals surface area contributed by atoms with Gasteiger partial charge in [0, 0.05) is 26.2 Å². The Bertz CT molecular complexity index is 927. The predicted octanol–water partition coefficient (Wildman–Crippen LogP) is 2.60. The Hall–Kier alpha value is -2.16. The third-order valence-corrected chi connectivity index (χ3v) is 6.45. The standard InChI is InChI=1S/C21H29N3O4S/c1-15-10-16(2)13-24(12-15)14-18-6-4-17(5-7-18)11-23-21(25)19-8-9-20(28-19)29(26,27)22-3/h4-9,15-16,22H,10-14H2,1-3H3,(H,23,25). The summed E-state index contributed by atoms with van der Waals surface area (Å²) in [7, 11) is -2.42. The van der Waals surface area contributed by atoms with E-state index >= 15 is 0 Å². The number of nitrogens with one attached hydrogen (secondary N) is 2. The summed E-state index contributed by atoms with van der Waals surface area (Å²) in [5, 5.41) is 2.47. The van der Waals surface area contributed by atoms with Crippen molar-refractivity contribution in [3.05, 3.63) is 53.3 Å². The van der Waals surface area contributed by atoms with Crippen molar-refractivity contribution in [2.45, 2.75) is 38.5 Å². The summed E-state index contributed by atoms with van der Waals surface area (Å²) in [5.74, 6) is 0.976. The zero-order chi connectivity index (χ0) is 21.0. The first kappa shape index (κ1) is 21.5. The fraction of sp³-hybridized carbons (Fsp3) is 0.476. The predicted molar refractivity (Wildman–Crippen MR) is 111 cm³/mol. The van der Waals surface area contributed by atoms with Crippen LogP contribution in [0, 0.1) is 11.8 Å². The van der Waals surface area contributed by atoms with Crippen molar-refractivity contribution in [1.29, 1.82) is 0 Å². The van der Waals surface area contributed by atoms with Gasteiger partial charge in [-0.3, -0.25) is 9.69 Å².